The Morgan fingerprint density at radius 1 is 1.00 bits per heavy atom. The van der Waals surface area contributed by atoms with E-state index in [0.29, 0.717) is 0 Å². The molecule has 122 valence electrons. The molecule has 0 saturated carbocycles. The highest BCUT2D eigenvalue weighted by atomic mass is 79.9. The molecule has 0 aliphatic carbocycles. The number of halogens is 1. The molecule has 3 N–H and O–H groups in total. The molecule has 0 spiro atoms. The van der Waals surface area contributed by atoms with Crippen LogP contribution in [0.2, 0.25) is 0 Å². The van der Waals surface area contributed by atoms with Gasteiger partial charge < -0.3 is 20.3 Å². The highest BCUT2D eigenvalue weighted by molar-refractivity contribution is 9.10. The van der Waals surface area contributed by atoms with Crippen LogP contribution in [0, 0.1) is 0 Å². The van der Waals surface area contributed by atoms with Gasteiger partial charge in [-0.15, -0.1) is 0 Å². The molecule has 0 aliphatic heterocycles. The van der Waals surface area contributed by atoms with Gasteiger partial charge in [-0.05, 0) is 42.0 Å². The highest BCUT2D eigenvalue weighted by Crippen LogP contribution is 2.16. The van der Waals surface area contributed by atoms with E-state index in [9.17, 15) is 0 Å². The molecule has 0 heterocycles. The van der Waals surface area contributed by atoms with Crippen molar-refractivity contribution >= 4 is 33.6 Å². The number of aliphatic carboxylic acids is 2. The molecule has 0 atom stereocenters. The smallest absolute Gasteiger partial charge is 0.414 e. The third-order valence-corrected chi connectivity index (χ3v) is 3.21. The summed E-state index contributed by atoms with van der Waals surface area (Å²) < 4.78 is 6.21. The standard InChI is InChI=1S/C14H14BrNO.C2H2O4/c1-17-14-8-2-11(3-9-14)10-16-13-6-4-12(15)5-7-13;3-1(4)2(5)6/h2-9,16H,10H2,1H3;(H,3,4)(H,5,6). The molecular formula is C16H16BrNO5. The van der Waals surface area contributed by atoms with E-state index >= 15 is 0 Å². The molecule has 0 aliphatic rings. The normalized spacial score (nSPS) is 9.30. The Labute approximate surface area is 141 Å². The largest absolute Gasteiger partial charge is 0.497 e. The number of nitrogens with one attached hydrogen (secondary N) is 1. The van der Waals surface area contributed by atoms with E-state index in [2.05, 4.69) is 33.4 Å². The Bertz CT molecular complexity index is 629. The number of ether oxygens (including phenoxy) is 1. The number of carbonyl (C=O) groups is 2. The topological polar surface area (TPSA) is 95.9 Å². The average Bonchev–Trinajstić information content (AvgIpc) is 2.55. The lowest BCUT2D eigenvalue weighted by molar-refractivity contribution is -0.159. The number of anilines is 1. The minimum Gasteiger partial charge on any atom is -0.497 e. The van der Waals surface area contributed by atoms with Crippen molar-refractivity contribution in [1.82, 2.24) is 0 Å². The van der Waals surface area contributed by atoms with E-state index in [4.69, 9.17) is 24.5 Å². The number of hydrogen-bond acceptors (Lipinski definition) is 4. The summed E-state index contributed by atoms with van der Waals surface area (Å²) in [6.45, 7) is 0.811. The summed E-state index contributed by atoms with van der Waals surface area (Å²) in [4.78, 5) is 18.2. The van der Waals surface area contributed by atoms with Gasteiger partial charge in [-0.25, -0.2) is 9.59 Å². The predicted octanol–water partition coefficient (Wildman–Crippen LogP) is 3.23. The van der Waals surface area contributed by atoms with E-state index in [1.807, 2.05) is 36.4 Å². The molecule has 0 fully saturated rings. The van der Waals surface area contributed by atoms with E-state index in [1.54, 1.807) is 7.11 Å². The van der Waals surface area contributed by atoms with Gasteiger partial charge in [0.05, 0.1) is 7.11 Å². The minimum absolute atomic E-state index is 0.811. The van der Waals surface area contributed by atoms with Crippen molar-refractivity contribution in [2.45, 2.75) is 6.54 Å². The van der Waals surface area contributed by atoms with Crippen molar-refractivity contribution in [3.05, 3.63) is 58.6 Å². The van der Waals surface area contributed by atoms with Crippen molar-refractivity contribution in [3.63, 3.8) is 0 Å². The van der Waals surface area contributed by atoms with E-state index in [1.165, 1.54) is 5.56 Å². The second-order valence-electron chi connectivity index (χ2n) is 4.32. The summed E-state index contributed by atoms with van der Waals surface area (Å²) in [6.07, 6.45) is 0. The Morgan fingerprint density at radius 2 is 1.52 bits per heavy atom. The summed E-state index contributed by atoms with van der Waals surface area (Å²) in [6, 6.07) is 16.2. The van der Waals surface area contributed by atoms with Crippen LogP contribution >= 0.6 is 15.9 Å². The molecule has 0 unspecified atom stereocenters. The van der Waals surface area contributed by atoms with Crippen LogP contribution in [0.1, 0.15) is 5.56 Å². The maximum Gasteiger partial charge on any atom is 0.414 e. The lowest BCUT2D eigenvalue weighted by atomic mass is 10.2. The zero-order valence-electron chi connectivity index (χ0n) is 12.3. The number of rotatable bonds is 4. The van der Waals surface area contributed by atoms with Crippen LogP contribution in [0.5, 0.6) is 5.75 Å². The molecule has 2 aromatic rings. The minimum atomic E-state index is -1.82. The molecule has 7 heteroatoms. The van der Waals surface area contributed by atoms with Crippen molar-refractivity contribution in [1.29, 1.82) is 0 Å². The van der Waals surface area contributed by atoms with Gasteiger partial charge in [-0.1, -0.05) is 28.1 Å². The Hall–Kier alpha value is -2.54. The first-order valence-corrected chi connectivity index (χ1v) is 7.30. The molecule has 0 bridgehead atoms. The Kier molecular flexibility index (Phi) is 7.62. The van der Waals surface area contributed by atoms with Crippen molar-refractivity contribution in [2.24, 2.45) is 0 Å². The van der Waals surface area contributed by atoms with Gasteiger partial charge in [0.2, 0.25) is 0 Å². The molecule has 2 aromatic carbocycles. The lowest BCUT2D eigenvalue weighted by Crippen LogP contribution is -2.09. The molecule has 0 amide bonds. The molecule has 0 radical (unpaired) electrons. The third kappa shape index (κ3) is 7.32. The maximum atomic E-state index is 9.10. The number of carboxylic acids is 2. The van der Waals surface area contributed by atoms with Gasteiger partial charge in [0, 0.05) is 16.7 Å². The Morgan fingerprint density at radius 3 is 1.96 bits per heavy atom. The van der Waals surface area contributed by atoms with Crippen LogP contribution in [-0.2, 0) is 16.1 Å². The van der Waals surface area contributed by atoms with Gasteiger partial charge in [0.1, 0.15) is 5.75 Å². The van der Waals surface area contributed by atoms with Crippen molar-refractivity contribution < 1.29 is 24.5 Å². The number of hydrogen-bond donors (Lipinski definition) is 3. The van der Waals surface area contributed by atoms with Crippen LogP contribution in [0.3, 0.4) is 0 Å². The summed E-state index contributed by atoms with van der Waals surface area (Å²) in [5.74, 6) is -2.76. The first kappa shape index (κ1) is 18.5. The summed E-state index contributed by atoms with van der Waals surface area (Å²) >= 11 is 3.42. The second-order valence-corrected chi connectivity index (χ2v) is 5.23. The molecular weight excluding hydrogens is 366 g/mol. The average molecular weight is 382 g/mol. The fraction of sp³-hybridized carbons (Fsp3) is 0.125. The zero-order chi connectivity index (χ0) is 17.2. The van der Waals surface area contributed by atoms with Crippen LogP contribution < -0.4 is 10.1 Å². The molecule has 6 nitrogen and oxygen atoms in total. The quantitative estimate of drug-likeness (QED) is 0.703. The fourth-order valence-electron chi connectivity index (χ4n) is 1.52. The molecule has 23 heavy (non-hydrogen) atoms. The number of methoxy groups -OCH3 is 1. The van der Waals surface area contributed by atoms with Crippen molar-refractivity contribution in [2.75, 3.05) is 12.4 Å². The van der Waals surface area contributed by atoms with Gasteiger partial charge >= 0.3 is 11.9 Å². The SMILES string of the molecule is COc1ccc(CNc2ccc(Br)cc2)cc1.O=C(O)C(=O)O. The third-order valence-electron chi connectivity index (χ3n) is 2.68. The summed E-state index contributed by atoms with van der Waals surface area (Å²) in [7, 11) is 1.68. The van der Waals surface area contributed by atoms with Gasteiger partial charge in [0.25, 0.3) is 0 Å². The monoisotopic (exact) mass is 381 g/mol. The first-order chi connectivity index (χ1) is 10.9. The lowest BCUT2D eigenvalue weighted by Gasteiger charge is -2.07. The van der Waals surface area contributed by atoms with Crippen LogP contribution in [0.15, 0.2) is 53.0 Å². The summed E-state index contributed by atoms with van der Waals surface area (Å²) in [5, 5.41) is 18.1. The molecule has 0 saturated heterocycles. The zero-order valence-corrected chi connectivity index (χ0v) is 13.9. The highest BCUT2D eigenvalue weighted by Gasteiger charge is 2.04. The Balaban J connectivity index is 0.000000379. The van der Waals surface area contributed by atoms with E-state index < -0.39 is 11.9 Å². The van der Waals surface area contributed by atoms with Crippen LogP contribution in [-0.4, -0.2) is 29.3 Å². The number of carboxylic acid groups (broad SMARTS) is 2. The van der Waals surface area contributed by atoms with E-state index in [0.717, 1.165) is 22.5 Å². The first-order valence-electron chi connectivity index (χ1n) is 6.51. The van der Waals surface area contributed by atoms with Crippen LogP contribution in [0.25, 0.3) is 0 Å². The van der Waals surface area contributed by atoms with E-state index in [-0.39, 0.29) is 0 Å². The van der Waals surface area contributed by atoms with Crippen molar-refractivity contribution in [3.8, 4) is 5.75 Å². The molecule has 2 rings (SSSR count). The predicted molar refractivity (Wildman–Crippen MR) is 89.7 cm³/mol. The number of benzene rings is 2. The van der Waals surface area contributed by atoms with Gasteiger partial charge in [-0.3, -0.25) is 0 Å². The fourth-order valence-corrected chi connectivity index (χ4v) is 1.78. The maximum absolute atomic E-state index is 9.10. The van der Waals surface area contributed by atoms with Gasteiger partial charge in [-0.2, -0.15) is 0 Å². The second kappa shape index (κ2) is 9.47. The summed E-state index contributed by atoms with van der Waals surface area (Å²) in [5.41, 5.74) is 2.35. The van der Waals surface area contributed by atoms with Crippen LogP contribution in [0.4, 0.5) is 5.69 Å². The van der Waals surface area contributed by atoms with Gasteiger partial charge in [0.15, 0.2) is 0 Å². The molecule has 0 aromatic heterocycles.